The first-order valence-corrected chi connectivity index (χ1v) is 6.60. The van der Waals surface area contributed by atoms with Crippen molar-refractivity contribution in [3.8, 4) is 0 Å². The molecule has 1 fully saturated rings. The van der Waals surface area contributed by atoms with Gasteiger partial charge in [-0.1, -0.05) is 0 Å². The Morgan fingerprint density at radius 3 is 2.76 bits per heavy atom. The lowest BCUT2D eigenvalue weighted by Gasteiger charge is -2.18. The van der Waals surface area contributed by atoms with Crippen molar-refractivity contribution in [2.24, 2.45) is 11.7 Å². The normalized spacial score (nSPS) is 16.6. The minimum Gasteiger partial charge on any atom is -0.380 e. The molecular weight excluding hydrogens is 333 g/mol. The summed E-state index contributed by atoms with van der Waals surface area (Å²) in [6, 6.07) is 5.13. The molecule has 3 N–H and O–H groups in total. The van der Waals surface area contributed by atoms with Gasteiger partial charge in [-0.15, -0.1) is 0 Å². The van der Waals surface area contributed by atoms with Crippen LogP contribution in [0.5, 0.6) is 0 Å². The van der Waals surface area contributed by atoms with Crippen LogP contribution >= 0.6 is 22.6 Å². The number of nitrogens with one attached hydrogen (secondary N) is 1. The van der Waals surface area contributed by atoms with E-state index < -0.39 is 0 Å². The fourth-order valence-electron chi connectivity index (χ4n) is 1.80. The Labute approximate surface area is 113 Å². The summed E-state index contributed by atoms with van der Waals surface area (Å²) < 4.78 is 0.857. The molecule has 1 aromatic carbocycles. The summed E-state index contributed by atoms with van der Waals surface area (Å²) in [7, 11) is 0. The number of benzene rings is 1. The topological polar surface area (TPSA) is 81.2 Å². The molecule has 0 radical (unpaired) electrons. The van der Waals surface area contributed by atoms with Gasteiger partial charge in [0.2, 0.25) is 0 Å². The van der Waals surface area contributed by atoms with E-state index in [0.717, 1.165) is 9.26 Å². The molecule has 1 atom stereocenters. The van der Waals surface area contributed by atoms with Crippen LogP contribution in [0.2, 0.25) is 0 Å². The molecule has 0 heterocycles. The number of halogens is 1. The average Bonchev–Trinajstić information content (AvgIpc) is 3.11. The number of non-ortho nitro benzene ring substituents is 1. The van der Waals surface area contributed by atoms with Crippen molar-refractivity contribution in [1.82, 2.24) is 0 Å². The number of nitro benzene ring substituents is 1. The molecule has 0 amide bonds. The number of hydrogen-bond donors (Lipinski definition) is 2. The highest BCUT2D eigenvalue weighted by Crippen LogP contribution is 2.35. The number of nitrogens with zero attached hydrogens (tertiary/aromatic N) is 1. The average molecular weight is 347 g/mol. The van der Waals surface area contributed by atoms with E-state index >= 15 is 0 Å². The zero-order valence-corrected chi connectivity index (χ0v) is 11.4. The van der Waals surface area contributed by atoms with Crippen LogP contribution in [-0.4, -0.2) is 17.5 Å². The molecule has 5 nitrogen and oxygen atoms in total. The third-order valence-corrected chi connectivity index (χ3v) is 3.84. The van der Waals surface area contributed by atoms with Gasteiger partial charge in [0.05, 0.1) is 4.92 Å². The standard InChI is InChI=1S/C11H14IN3O2/c12-9-5-8(15(16)17)3-4-10(9)14-11(6-13)7-1-2-7/h3-5,7,11,14H,1-2,6,13H2. The molecule has 2 rings (SSSR count). The molecule has 1 aromatic rings. The third kappa shape index (κ3) is 3.06. The summed E-state index contributed by atoms with van der Waals surface area (Å²) in [6.45, 7) is 0.595. The predicted molar refractivity (Wildman–Crippen MR) is 75.0 cm³/mol. The van der Waals surface area contributed by atoms with Gasteiger partial charge in [-0.25, -0.2) is 0 Å². The second kappa shape index (κ2) is 5.18. The first kappa shape index (κ1) is 12.6. The van der Waals surface area contributed by atoms with Crippen molar-refractivity contribution < 1.29 is 4.92 Å². The molecule has 0 spiro atoms. The molecule has 6 heteroatoms. The summed E-state index contributed by atoms with van der Waals surface area (Å²) in [5.74, 6) is 0.658. The molecule has 0 saturated heterocycles. The summed E-state index contributed by atoms with van der Waals surface area (Å²) in [5.41, 5.74) is 6.77. The van der Waals surface area contributed by atoms with Crippen LogP contribution in [0, 0.1) is 19.6 Å². The molecule has 1 aliphatic rings. The Kier molecular flexibility index (Phi) is 3.82. The zero-order chi connectivity index (χ0) is 12.4. The quantitative estimate of drug-likeness (QED) is 0.487. The first-order valence-electron chi connectivity index (χ1n) is 5.52. The largest absolute Gasteiger partial charge is 0.380 e. The smallest absolute Gasteiger partial charge is 0.270 e. The lowest BCUT2D eigenvalue weighted by Crippen LogP contribution is -2.31. The summed E-state index contributed by atoms with van der Waals surface area (Å²) in [4.78, 5) is 10.2. The van der Waals surface area contributed by atoms with E-state index in [9.17, 15) is 10.1 Å². The maximum atomic E-state index is 10.6. The van der Waals surface area contributed by atoms with E-state index in [1.807, 2.05) is 0 Å². The Morgan fingerprint density at radius 1 is 1.59 bits per heavy atom. The van der Waals surface area contributed by atoms with Gasteiger partial charge in [-0.3, -0.25) is 10.1 Å². The van der Waals surface area contributed by atoms with Gasteiger partial charge in [0, 0.05) is 34.0 Å². The maximum Gasteiger partial charge on any atom is 0.270 e. The van der Waals surface area contributed by atoms with E-state index in [1.54, 1.807) is 12.1 Å². The molecule has 1 aliphatic carbocycles. The van der Waals surface area contributed by atoms with Gasteiger partial charge in [0.25, 0.3) is 5.69 Å². The van der Waals surface area contributed by atoms with E-state index in [1.165, 1.54) is 18.9 Å². The monoisotopic (exact) mass is 347 g/mol. The number of nitrogens with two attached hydrogens (primary N) is 1. The molecule has 0 aromatic heterocycles. The van der Waals surface area contributed by atoms with Crippen molar-refractivity contribution in [3.63, 3.8) is 0 Å². The Balaban J connectivity index is 2.12. The molecule has 17 heavy (non-hydrogen) atoms. The molecule has 1 saturated carbocycles. The van der Waals surface area contributed by atoms with Crippen molar-refractivity contribution >= 4 is 34.0 Å². The number of rotatable bonds is 5. The van der Waals surface area contributed by atoms with Crippen LogP contribution in [0.25, 0.3) is 0 Å². The molecule has 0 bridgehead atoms. The van der Waals surface area contributed by atoms with Crippen molar-refractivity contribution in [1.29, 1.82) is 0 Å². The summed E-state index contributed by atoms with van der Waals surface area (Å²) in [5, 5.41) is 14.0. The molecule has 1 unspecified atom stereocenters. The van der Waals surface area contributed by atoms with Crippen molar-refractivity contribution in [3.05, 3.63) is 31.9 Å². The van der Waals surface area contributed by atoms with Crippen molar-refractivity contribution in [2.45, 2.75) is 18.9 Å². The second-order valence-electron chi connectivity index (χ2n) is 4.25. The third-order valence-electron chi connectivity index (χ3n) is 2.95. The molecular formula is C11H14IN3O2. The summed E-state index contributed by atoms with van der Waals surface area (Å²) >= 11 is 2.11. The van der Waals surface area contributed by atoms with Crippen molar-refractivity contribution in [2.75, 3.05) is 11.9 Å². The Hall–Kier alpha value is -0.890. The second-order valence-corrected chi connectivity index (χ2v) is 5.41. The maximum absolute atomic E-state index is 10.6. The van der Waals surface area contributed by atoms with Crippen LogP contribution in [0.15, 0.2) is 18.2 Å². The highest BCUT2D eigenvalue weighted by molar-refractivity contribution is 14.1. The van der Waals surface area contributed by atoms with Gasteiger partial charge >= 0.3 is 0 Å². The van der Waals surface area contributed by atoms with Crippen LogP contribution < -0.4 is 11.1 Å². The zero-order valence-electron chi connectivity index (χ0n) is 9.23. The van der Waals surface area contributed by atoms with E-state index in [-0.39, 0.29) is 16.7 Å². The van der Waals surface area contributed by atoms with Crippen LogP contribution in [0.3, 0.4) is 0 Å². The minimum atomic E-state index is -0.382. The predicted octanol–water partition coefficient (Wildman–Crippen LogP) is 2.35. The first-order chi connectivity index (χ1) is 8.11. The van der Waals surface area contributed by atoms with Gasteiger partial charge in [-0.05, 0) is 47.4 Å². The molecule has 0 aliphatic heterocycles. The highest BCUT2D eigenvalue weighted by atomic mass is 127. The SMILES string of the molecule is NCC(Nc1ccc([N+](=O)[O-])cc1I)C1CC1. The van der Waals surface area contributed by atoms with Crippen LogP contribution in [0.4, 0.5) is 11.4 Å². The lowest BCUT2D eigenvalue weighted by atomic mass is 10.1. The molecule has 92 valence electrons. The fourth-order valence-corrected chi connectivity index (χ4v) is 2.46. The highest BCUT2D eigenvalue weighted by Gasteiger charge is 2.30. The van der Waals surface area contributed by atoms with E-state index in [4.69, 9.17) is 5.73 Å². The number of hydrogen-bond acceptors (Lipinski definition) is 4. The van der Waals surface area contributed by atoms with Crippen LogP contribution in [-0.2, 0) is 0 Å². The Morgan fingerprint density at radius 2 is 2.29 bits per heavy atom. The van der Waals surface area contributed by atoms with Gasteiger partial charge in [0.1, 0.15) is 0 Å². The minimum absolute atomic E-state index is 0.121. The number of nitro groups is 1. The number of anilines is 1. The fraction of sp³-hybridized carbons (Fsp3) is 0.455. The van der Waals surface area contributed by atoms with Crippen LogP contribution in [0.1, 0.15) is 12.8 Å². The van der Waals surface area contributed by atoms with E-state index in [0.29, 0.717) is 12.5 Å². The Bertz CT molecular complexity index is 435. The van der Waals surface area contributed by atoms with Gasteiger partial charge < -0.3 is 11.1 Å². The lowest BCUT2D eigenvalue weighted by molar-refractivity contribution is -0.384. The van der Waals surface area contributed by atoms with Gasteiger partial charge in [-0.2, -0.15) is 0 Å². The van der Waals surface area contributed by atoms with E-state index in [2.05, 4.69) is 27.9 Å². The van der Waals surface area contributed by atoms with Gasteiger partial charge in [0.15, 0.2) is 0 Å². The summed E-state index contributed by atoms with van der Waals surface area (Å²) in [6.07, 6.45) is 2.44.